The Morgan fingerprint density at radius 3 is 2.53 bits per heavy atom. The lowest BCUT2D eigenvalue weighted by atomic mass is 10.1. The highest BCUT2D eigenvalue weighted by atomic mass is 32.2. The number of fused-ring (bicyclic) bond motifs is 1. The molecule has 3 aromatic rings. The molecule has 0 unspecified atom stereocenters. The minimum Gasteiger partial charge on any atom is -0.369 e. The molecule has 1 N–H and O–H groups in total. The number of rotatable bonds is 7. The van der Waals surface area contributed by atoms with Crippen LogP contribution < -0.4 is 10.2 Å². The van der Waals surface area contributed by atoms with E-state index >= 15 is 0 Å². The highest BCUT2D eigenvalue weighted by Crippen LogP contribution is 2.27. The van der Waals surface area contributed by atoms with Crippen LogP contribution in [-0.2, 0) is 4.79 Å². The molecule has 8 nitrogen and oxygen atoms in total. The molecule has 2 fully saturated rings. The number of hydrogen-bond donors (Lipinski definition) is 1. The van der Waals surface area contributed by atoms with Crippen LogP contribution in [0.5, 0.6) is 0 Å². The fraction of sp³-hybridized carbons (Fsp3) is 0.360. The predicted octanol–water partition coefficient (Wildman–Crippen LogP) is 4.03. The van der Waals surface area contributed by atoms with Crippen molar-refractivity contribution in [2.24, 2.45) is 0 Å². The van der Waals surface area contributed by atoms with Gasteiger partial charge in [-0.2, -0.15) is 5.10 Å². The quantitative estimate of drug-likeness (QED) is 0.407. The summed E-state index contributed by atoms with van der Waals surface area (Å²) in [6.07, 6.45) is 7.31. The van der Waals surface area contributed by atoms with E-state index in [1.54, 1.807) is 16.7 Å². The number of aromatic nitrogens is 3. The van der Waals surface area contributed by atoms with E-state index in [0.29, 0.717) is 10.6 Å². The van der Waals surface area contributed by atoms with Crippen LogP contribution in [0.15, 0.2) is 47.5 Å². The third kappa shape index (κ3) is 4.85. The van der Waals surface area contributed by atoms with Gasteiger partial charge in [0.1, 0.15) is 0 Å². The molecule has 176 valence electrons. The van der Waals surface area contributed by atoms with E-state index in [4.69, 9.17) is 0 Å². The maximum Gasteiger partial charge on any atom is 0.290 e. The van der Waals surface area contributed by atoms with E-state index in [1.165, 1.54) is 31.5 Å². The van der Waals surface area contributed by atoms with Crippen LogP contribution in [0.25, 0.3) is 23.0 Å². The molecule has 0 saturated carbocycles. The number of amides is 2. The first-order valence-electron chi connectivity index (χ1n) is 11.8. The van der Waals surface area contributed by atoms with Crippen molar-refractivity contribution in [3.63, 3.8) is 0 Å². The third-order valence-corrected chi connectivity index (χ3v) is 7.09. The SMILES string of the molecule is CCCCCN1CCN(c2ccc(-c3cnc4ccc(C=C5SC(=O)NC5=O)nn34)cc2)CC1. The Kier molecular flexibility index (Phi) is 6.64. The van der Waals surface area contributed by atoms with Crippen LogP contribution in [0, 0.1) is 0 Å². The van der Waals surface area contributed by atoms with Gasteiger partial charge >= 0.3 is 0 Å². The molecule has 2 aliphatic rings. The standard InChI is InChI=1S/C25H28N6O2S/c1-2-3-4-11-29-12-14-30(15-13-29)20-8-5-18(6-9-20)21-17-26-23-10-7-19(28-31(21)23)16-22-24(32)27-25(33)34-22/h5-10,16-17H,2-4,11-15H2,1H3,(H,27,32,33). The summed E-state index contributed by atoms with van der Waals surface area (Å²) in [7, 11) is 0. The number of anilines is 1. The zero-order valence-electron chi connectivity index (χ0n) is 19.2. The molecule has 0 bridgehead atoms. The van der Waals surface area contributed by atoms with Gasteiger partial charge in [0.25, 0.3) is 11.1 Å². The highest BCUT2D eigenvalue weighted by molar-refractivity contribution is 8.18. The van der Waals surface area contributed by atoms with Crippen molar-refractivity contribution in [1.29, 1.82) is 0 Å². The van der Waals surface area contributed by atoms with E-state index in [0.717, 1.165) is 54.8 Å². The number of imide groups is 1. The Bertz CT molecular complexity index is 1230. The predicted molar refractivity (Wildman–Crippen MR) is 136 cm³/mol. The smallest absolute Gasteiger partial charge is 0.290 e. The Morgan fingerprint density at radius 2 is 1.82 bits per heavy atom. The second kappa shape index (κ2) is 9.99. The monoisotopic (exact) mass is 476 g/mol. The fourth-order valence-corrected chi connectivity index (χ4v) is 5.04. The van der Waals surface area contributed by atoms with Gasteiger partial charge in [-0.3, -0.25) is 19.8 Å². The zero-order chi connectivity index (χ0) is 23.5. The van der Waals surface area contributed by atoms with Crippen LogP contribution in [0.4, 0.5) is 10.5 Å². The zero-order valence-corrected chi connectivity index (χ0v) is 20.1. The maximum absolute atomic E-state index is 11.9. The second-order valence-corrected chi connectivity index (χ2v) is 9.62. The average Bonchev–Trinajstić information content (AvgIpc) is 3.41. The molecule has 1 aromatic carbocycles. The van der Waals surface area contributed by atoms with Gasteiger partial charge in [-0.25, -0.2) is 9.50 Å². The van der Waals surface area contributed by atoms with Crippen molar-refractivity contribution in [2.45, 2.75) is 26.2 Å². The molecule has 2 aromatic heterocycles. The van der Waals surface area contributed by atoms with Crippen LogP contribution in [0.2, 0.25) is 0 Å². The molecule has 2 amide bonds. The van der Waals surface area contributed by atoms with Gasteiger partial charge in [0.15, 0.2) is 5.65 Å². The van der Waals surface area contributed by atoms with E-state index in [9.17, 15) is 9.59 Å². The first-order chi connectivity index (χ1) is 16.6. The normalized spacial score (nSPS) is 18.3. The number of unbranched alkanes of at least 4 members (excludes halogenated alkanes) is 2. The summed E-state index contributed by atoms with van der Waals surface area (Å²) in [6, 6.07) is 12.2. The summed E-state index contributed by atoms with van der Waals surface area (Å²) in [5.74, 6) is -0.389. The van der Waals surface area contributed by atoms with Crippen molar-refractivity contribution in [3.8, 4) is 11.3 Å². The first kappa shape index (κ1) is 22.6. The van der Waals surface area contributed by atoms with Crippen molar-refractivity contribution in [1.82, 2.24) is 24.8 Å². The van der Waals surface area contributed by atoms with Crippen molar-refractivity contribution < 1.29 is 9.59 Å². The topological polar surface area (TPSA) is 82.8 Å². The molecular formula is C25H28N6O2S. The number of nitrogens with one attached hydrogen (secondary N) is 1. The fourth-order valence-electron chi connectivity index (χ4n) is 4.37. The summed E-state index contributed by atoms with van der Waals surface area (Å²) in [4.78, 5) is 33.1. The lowest BCUT2D eigenvalue weighted by molar-refractivity contribution is -0.115. The molecule has 0 atom stereocenters. The van der Waals surface area contributed by atoms with Gasteiger partial charge in [0.05, 0.1) is 22.5 Å². The molecule has 0 aliphatic carbocycles. The minimum atomic E-state index is -0.389. The molecule has 4 heterocycles. The Morgan fingerprint density at radius 1 is 1.03 bits per heavy atom. The Hall–Kier alpha value is -3.17. The van der Waals surface area contributed by atoms with Crippen LogP contribution in [-0.4, -0.2) is 63.4 Å². The van der Waals surface area contributed by atoms with Crippen molar-refractivity contribution in [2.75, 3.05) is 37.6 Å². The molecule has 0 radical (unpaired) electrons. The molecule has 5 rings (SSSR count). The average molecular weight is 477 g/mol. The van der Waals surface area contributed by atoms with Gasteiger partial charge < -0.3 is 4.90 Å². The lowest BCUT2D eigenvalue weighted by Gasteiger charge is -2.36. The minimum absolute atomic E-state index is 0.341. The van der Waals surface area contributed by atoms with Crippen molar-refractivity contribution >= 4 is 40.3 Å². The Labute approximate surface area is 203 Å². The molecular weight excluding hydrogens is 448 g/mol. The largest absolute Gasteiger partial charge is 0.369 e. The van der Waals surface area contributed by atoms with E-state index in [-0.39, 0.29) is 11.1 Å². The molecule has 9 heteroatoms. The number of piperazine rings is 1. The second-order valence-electron chi connectivity index (χ2n) is 8.61. The number of benzene rings is 1. The van der Waals surface area contributed by atoms with Crippen LogP contribution in [0.1, 0.15) is 31.9 Å². The molecule has 2 saturated heterocycles. The summed E-state index contributed by atoms with van der Waals surface area (Å²) in [6.45, 7) is 7.79. The highest BCUT2D eigenvalue weighted by Gasteiger charge is 2.25. The number of thioether (sulfide) groups is 1. The molecule has 2 aliphatic heterocycles. The van der Waals surface area contributed by atoms with Gasteiger partial charge in [-0.05, 0) is 55.1 Å². The van der Waals surface area contributed by atoms with Crippen LogP contribution in [0.3, 0.4) is 0 Å². The van der Waals surface area contributed by atoms with Gasteiger partial charge in [0.2, 0.25) is 0 Å². The molecule has 0 spiro atoms. The molecule has 34 heavy (non-hydrogen) atoms. The maximum atomic E-state index is 11.9. The number of nitrogens with zero attached hydrogens (tertiary/aromatic N) is 5. The van der Waals surface area contributed by atoms with Gasteiger partial charge in [-0.1, -0.05) is 31.9 Å². The van der Waals surface area contributed by atoms with E-state index in [1.807, 2.05) is 12.3 Å². The summed E-state index contributed by atoms with van der Waals surface area (Å²) in [5, 5.41) is 6.55. The number of carbonyl (C=O) groups excluding carboxylic acids is 2. The van der Waals surface area contributed by atoms with Crippen molar-refractivity contribution in [3.05, 3.63) is 53.2 Å². The first-order valence-corrected chi connectivity index (χ1v) is 12.6. The summed E-state index contributed by atoms with van der Waals surface area (Å²) >= 11 is 0.885. The van der Waals surface area contributed by atoms with E-state index < -0.39 is 0 Å². The van der Waals surface area contributed by atoms with E-state index in [2.05, 4.69) is 56.4 Å². The van der Waals surface area contributed by atoms with Gasteiger partial charge in [0, 0.05) is 37.4 Å². The van der Waals surface area contributed by atoms with Gasteiger partial charge in [-0.15, -0.1) is 0 Å². The van der Waals surface area contributed by atoms with Crippen LogP contribution >= 0.6 is 11.8 Å². The number of imidazole rings is 1. The third-order valence-electron chi connectivity index (χ3n) is 6.28. The summed E-state index contributed by atoms with van der Waals surface area (Å²) < 4.78 is 1.77. The number of hydrogen-bond acceptors (Lipinski definition) is 7. The summed E-state index contributed by atoms with van der Waals surface area (Å²) in [5.41, 5.74) is 4.45. The lowest BCUT2D eigenvalue weighted by Crippen LogP contribution is -2.46. The Balaban J connectivity index is 1.30. The number of carbonyl (C=O) groups is 2.